The molecule has 2 unspecified atom stereocenters. The molecule has 2 aromatic carbocycles. The van der Waals surface area contributed by atoms with Crippen LogP contribution >= 0.6 is 0 Å². The molecule has 0 radical (unpaired) electrons. The monoisotopic (exact) mass is 282 g/mol. The molecule has 106 valence electrons. The van der Waals surface area contributed by atoms with Gasteiger partial charge in [0.05, 0.1) is 0 Å². The number of fused-ring (bicyclic) bond motifs is 1. The van der Waals surface area contributed by atoms with Gasteiger partial charge in [0.15, 0.2) is 0 Å². The summed E-state index contributed by atoms with van der Waals surface area (Å²) in [7, 11) is 0. The molecule has 0 saturated heterocycles. The van der Waals surface area contributed by atoms with Gasteiger partial charge in [-0.25, -0.2) is 0 Å². The molecule has 1 heterocycles. The Morgan fingerprint density at radius 3 is 2.45 bits per heavy atom. The van der Waals surface area contributed by atoms with Crippen molar-refractivity contribution in [3.63, 3.8) is 0 Å². The van der Waals surface area contributed by atoms with Crippen LogP contribution in [0, 0.1) is 5.92 Å². The zero-order valence-electron chi connectivity index (χ0n) is 12.9. The van der Waals surface area contributed by atoms with Crippen molar-refractivity contribution in [2.75, 3.05) is 0 Å². The molecule has 1 aromatic heterocycles. The van der Waals surface area contributed by atoms with Gasteiger partial charge in [-0.3, -0.25) is 0 Å². The molecular weight excluding hydrogens is 263 g/mol. The van der Waals surface area contributed by atoms with E-state index in [1.807, 2.05) is 0 Å². The fourth-order valence-corrected chi connectivity index (χ4v) is 3.93. The Hall–Kier alpha value is -2.15. The van der Waals surface area contributed by atoms with E-state index in [1.165, 1.54) is 34.1 Å². The Kier molecular flexibility index (Phi) is 3.42. The second-order valence-corrected chi connectivity index (χ2v) is 6.31. The Balaban J connectivity index is 1.85. The molecule has 22 heavy (non-hydrogen) atoms. The summed E-state index contributed by atoms with van der Waals surface area (Å²) in [5, 5.41) is 0. The number of rotatable bonds is 2. The average molecular weight is 282 g/mol. The fourth-order valence-electron chi connectivity index (χ4n) is 3.93. The minimum atomic E-state index is 0.528. The van der Waals surface area contributed by atoms with Crippen LogP contribution in [0.15, 0.2) is 72.7 Å². The van der Waals surface area contributed by atoms with Crippen molar-refractivity contribution in [3.8, 4) is 11.1 Å². The molecule has 1 aliphatic rings. The first-order chi connectivity index (χ1) is 10.8. The van der Waals surface area contributed by atoms with Crippen LogP contribution < -0.4 is 0 Å². The second-order valence-electron chi connectivity index (χ2n) is 6.31. The summed E-state index contributed by atoms with van der Waals surface area (Å²) in [6.07, 6.45) is 1.17. The molecule has 0 bridgehead atoms. The van der Waals surface area contributed by atoms with Gasteiger partial charge >= 0.3 is 132 Å². The van der Waals surface area contributed by atoms with Crippen LogP contribution in [0.3, 0.4) is 0 Å². The number of benzene rings is 2. The molecule has 0 saturated carbocycles. The normalized spacial score (nSPS) is 19.7. The maximum absolute atomic E-state index is 2.38. The quantitative estimate of drug-likeness (QED) is 0.619. The van der Waals surface area contributed by atoms with Crippen molar-refractivity contribution < 1.29 is 0 Å². The predicted octanol–water partition coefficient (Wildman–Crippen LogP) is 5.02. The third-order valence-corrected chi connectivity index (χ3v) is 4.89. The first kappa shape index (κ1) is 13.5. The van der Waals surface area contributed by atoms with Crippen LogP contribution in [0.5, 0.6) is 0 Å². The summed E-state index contributed by atoms with van der Waals surface area (Å²) in [5.74, 6) is 3.34. The zero-order chi connectivity index (χ0) is 14.9. The Bertz CT molecular complexity index is 778. The minimum absolute atomic E-state index is 0.528. The summed E-state index contributed by atoms with van der Waals surface area (Å²) in [6.45, 7) is 4.65. The number of hydrogen-bond acceptors (Lipinski definition) is 0. The van der Waals surface area contributed by atoms with E-state index in [9.17, 15) is 0 Å². The van der Waals surface area contributed by atoms with Crippen LogP contribution in [0.2, 0.25) is 0 Å². The van der Waals surface area contributed by atoms with Gasteiger partial charge in [0.25, 0.3) is 0 Å². The van der Waals surface area contributed by atoms with E-state index < -0.39 is 0 Å². The summed E-state index contributed by atoms with van der Waals surface area (Å²) in [5.41, 5.74) is 7.23. The van der Waals surface area contributed by atoms with Gasteiger partial charge in [0, 0.05) is 0 Å². The molecule has 3 aromatic rings. The molecule has 1 heteroatoms. The van der Waals surface area contributed by atoms with Gasteiger partial charge in [0.1, 0.15) is 0 Å². The van der Waals surface area contributed by atoms with E-state index in [4.69, 9.17) is 0 Å². The molecule has 0 amide bonds. The zero-order valence-corrected chi connectivity index (χ0v) is 12.9. The molecule has 0 fully saturated rings. The van der Waals surface area contributed by atoms with Crippen molar-refractivity contribution in [1.29, 1.82) is 0 Å². The summed E-state index contributed by atoms with van der Waals surface area (Å²) in [4.78, 5) is 0. The molecular formula is C21H19B. The van der Waals surface area contributed by atoms with Gasteiger partial charge < -0.3 is 0 Å². The van der Waals surface area contributed by atoms with Crippen LogP contribution in [0.25, 0.3) is 11.1 Å². The Morgan fingerprint density at radius 2 is 1.68 bits per heavy atom. The molecule has 2 atom stereocenters. The van der Waals surface area contributed by atoms with Crippen LogP contribution in [0.4, 0.5) is 0 Å². The Labute approximate surface area is 133 Å². The van der Waals surface area contributed by atoms with Crippen molar-refractivity contribution in [2.24, 2.45) is 5.92 Å². The molecule has 1 aliphatic carbocycles. The van der Waals surface area contributed by atoms with Crippen LogP contribution in [-0.4, -0.2) is 6.91 Å². The van der Waals surface area contributed by atoms with Crippen molar-refractivity contribution in [3.05, 3.63) is 89.3 Å². The topological polar surface area (TPSA) is 0 Å². The fraction of sp³-hybridized carbons (Fsp3) is 0.190. The molecule has 0 spiro atoms. The molecule has 4 rings (SSSR count). The summed E-state index contributed by atoms with van der Waals surface area (Å²) >= 11 is 0. The van der Waals surface area contributed by atoms with Gasteiger partial charge in [-0.15, -0.1) is 0 Å². The van der Waals surface area contributed by atoms with E-state index in [2.05, 4.69) is 86.5 Å². The first-order valence-corrected chi connectivity index (χ1v) is 8.07. The molecule has 0 aliphatic heterocycles. The van der Waals surface area contributed by atoms with Gasteiger partial charge in [0.2, 0.25) is 0 Å². The SMILES string of the molecule is CC1Cc2c(-c3ccccc3)cccc2C1c1bcccc1. The van der Waals surface area contributed by atoms with E-state index >= 15 is 0 Å². The van der Waals surface area contributed by atoms with Crippen molar-refractivity contribution >= 4 is 6.91 Å². The van der Waals surface area contributed by atoms with E-state index in [-0.39, 0.29) is 0 Å². The predicted molar refractivity (Wildman–Crippen MR) is 94.4 cm³/mol. The summed E-state index contributed by atoms with van der Waals surface area (Å²) in [6, 6.07) is 24.1. The van der Waals surface area contributed by atoms with E-state index in [0.717, 1.165) is 0 Å². The van der Waals surface area contributed by atoms with Gasteiger partial charge in [-0.1, -0.05) is 0 Å². The average Bonchev–Trinajstić information content (AvgIpc) is 2.92. The third-order valence-electron chi connectivity index (χ3n) is 4.89. The number of hydrogen-bond donors (Lipinski definition) is 0. The second kappa shape index (κ2) is 5.57. The first-order valence-electron chi connectivity index (χ1n) is 8.07. The van der Waals surface area contributed by atoms with E-state index in [0.29, 0.717) is 11.8 Å². The summed E-state index contributed by atoms with van der Waals surface area (Å²) < 4.78 is 0. The maximum atomic E-state index is 2.38. The van der Waals surface area contributed by atoms with Crippen LogP contribution in [-0.2, 0) is 6.42 Å². The molecule has 0 N–H and O–H groups in total. The van der Waals surface area contributed by atoms with Gasteiger partial charge in [-0.05, 0) is 0 Å². The van der Waals surface area contributed by atoms with Crippen molar-refractivity contribution in [1.82, 2.24) is 0 Å². The molecule has 0 nitrogen and oxygen atoms in total. The standard InChI is InChI=1S/C21H19B/c1-15-14-19-17(16-8-3-2-4-9-16)10-7-11-18(19)21(15)20-12-5-6-13-22-20/h2-13,15,21H,14H2,1H3. The van der Waals surface area contributed by atoms with E-state index in [1.54, 1.807) is 0 Å². The van der Waals surface area contributed by atoms with Gasteiger partial charge in [-0.2, -0.15) is 0 Å². The van der Waals surface area contributed by atoms with Crippen LogP contribution in [0.1, 0.15) is 29.4 Å². The van der Waals surface area contributed by atoms with Crippen molar-refractivity contribution in [2.45, 2.75) is 19.3 Å². The Morgan fingerprint density at radius 1 is 0.864 bits per heavy atom. The third kappa shape index (κ3) is 2.21.